The van der Waals surface area contributed by atoms with Crippen LogP contribution in [-0.4, -0.2) is 11.7 Å². The Morgan fingerprint density at radius 3 is 2.67 bits per heavy atom. The third-order valence-corrected chi connectivity index (χ3v) is 2.99. The first-order valence-electron chi connectivity index (χ1n) is 5.89. The van der Waals surface area contributed by atoms with Crippen LogP contribution in [0.25, 0.3) is 0 Å². The van der Waals surface area contributed by atoms with Gasteiger partial charge in [0, 0.05) is 17.3 Å². The molecule has 18 heavy (non-hydrogen) atoms. The molecular weight excluding hydrogens is 246 g/mol. The number of hydrogen-bond donors (Lipinski definition) is 2. The fraction of sp³-hybridized carbons (Fsp3) is 0.200. The van der Waals surface area contributed by atoms with Gasteiger partial charge in [-0.05, 0) is 30.7 Å². The summed E-state index contributed by atoms with van der Waals surface area (Å²) in [5.74, 6) is 0. The van der Waals surface area contributed by atoms with Crippen LogP contribution in [0.3, 0.4) is 0 Å². The Hall–Kier alpha value is -1.51. The highest BCUT2D eigenvalue weighted by Crippen LogP contribution is 2.18. The van der Waals surface area contributed by atoms with Gasteiger partial charge < -0.3 is 10.4 Å². The lowest BCUT2D eigenvalue weighted by molar-refractivity contribution is 0.191. The maximum Gasteiger partial charge on any atom is 0.0962 e. The molecule has 0 saturated carbocycles. The molecule has 0 amide bonds. The normalized spacial score (nSPS) is 12.2. The van der Waals surface area contributed by atoms with Crippen LogP contribution in [0.1, 0.15) is 17.2 Å². The number of aliphatic hydroxyl groups is 1. The Labute approximate surface area is 112 Å². The molecule has 0 aliphatic carbocycles. The molecule has 2 rings (SSSR count). The predicted octanol–water partition coefficient (Wildman–Crippen LogP) is 3.79. The Bertz CT molecular complexity index is 527. The highest BCUT2D eigenvalue weighted by molar-refractivity contribution is 6.30. The topological polar surface area (TPSA) is 32.3 Å². The fourth-order valence-corrected chi connectivity index (χ4v) is 2.00. The average molecular weight is 262 g/mol. The van der Waals surface area contributed by atoms with Crippen LogP contribution < -0.4 is 5.32 Å². The third kappa shape index (κ3) is 3.49. The van der Waals surface area contributed by atoms with E-state index in [0.29, 0.717) is 11.6 Å². The molecule has 0 fully saturated rings. The third-order valence-electron chi connectivity index (χ3n) is 2.75. The first kappa shape index (κ1) is 12.9. The van der Waals surface area contributed by atoms with Gasteiger partial charge in [-0.15, -0.1) is 0 Å². The predicted molar refractivity (Wildman–Crippen MR) is 76.1 cm³/mol. The van der Waals surface area contributed by atoms with Crippen LogP contribution in [0.4, 0.5) is 5.69 Å². The number of aliphatic hydroxyl groups excluding tert-OH is 1. The van der Waals surface area contributed by atoms with Gasteiger partial charge in [0.15, 0.2) is 0 Å². The van der Waals surface area contributed by atoms with Gasteiger partial charge in [0.1, 0.15) is 0 Å². The van der Waals surface area contributed by atoms with Crippen molar-refractivity contribution in [2.45, 2.75) is 13.0 Å². The lowest BCUT2D eigenvalue weighted by Crippen LogP contribution is -2.12. The molecule has 94 valence electrons. The zero-order valence-electron chi connectivity index (χ0n) is 10.2. The zero-order chi connectivity index (χ0) is 13.0. The van der Waals surface area contributed by atoms with Gasteiger partial charge in [0.05, 0.1) is 6.10 Å². The number of anilines is 1. The van der Waals surface area contributed by atoms with Gasteiger partial charge in [-0.1, -0.05) is 47.5 Å². The van der Waals surface area contributed by atoms with E-state index in [-0.39, 0.29) is 0 Å². The molecule has 0 saturated heterocycles. The molecule has 0 bridgehead atoms. The minimum Gasteiger partial charge on any atom is -0.387 e. The summed E-state index contributed by atoms with van der Waals surface area (Å²) in [7, 11) is 0. The molecule has 1 unspecified atom stereocenters. The Morgan fingerprint density at radius 2 is 1.94 bits per heavy atom. The van der Waals surface area contributed by atoms with E-state index >= 15 is 0 Å². The van der Waals surface area contributed by atoms with Gasteiger partial charge in [-0.25, -0.2) is 0 Å². The molecule has 3 heteroatoms. The summed E-state index contributed by atoms with van der Waals surface area (Å²) in [6.45, 7) is 2.48. The van der Waals surface area contributed by atoms with Crippen molar-refractivity contribution in [1.29, 1.82) is 0 Å². The molecule has 0 spiro atoms. The summed E-state index contributed by atoms with van der Waals surface area (Å²) < 4.78 is 0. The molecule has 0 aliphatic heterocycles. The van der Waals surface area contributed by atoms with Crippen molar-refractivity contribution in [3.8, 4) is 0 Å². The van der Waals surface area contributed by atoms with Crippen molar-refractivity contribution in [1.82, 2.24) is 0 Å². The summed E-state index contributed by atoms with van der Waals surface area (Å²) in [6.07, 6.45) is -0.524. The SMILES string of the molecule is Cc1cccc(C(O)CNc2cccc(Cl)c2)c1. The highest BCUT2D eigenvalue weighted by Gasteiger charge is 2.07. The number of halogens is 1. The van der Waals surface area contributed by atoms with E-state index in [4.69, 9.17) is 11.6 Å². The van der Waals surface area contributed by atoms with Gasteiger partial charge in [-0.3, -0.25) is 0 Å². The number of benzene rings is 2. The number of hydrogen-bond acceptors (Lipinski definition) is 2. The molecular formula is C15H16ClNO. The van der Waals surface area contributed by atoms with Crippen LogP contribution in [0.2, 0.25) is 5.02 Å². The quantitative estimate of drug-likeness (QED) is 0.878. The summed E-state index contributed by atoms with van der Waals surface area (Å²) in [5.41, 5.74) is 2.98. The first-order valence-corrected chi connectivity index (χ1v) is 6.27. The highest BCUT2D eigenvalue weighted by atomic mass is 35.5. The summed E-state index contributed by atoms with van der Waals surface area (Å²) in [4.78, 5) is 0. The summed E-state index contributed by atoms with van der Waals surface area (Å²) in [6, 6.07) is 15.3. The van der Waals surface area contributed by atoms with Crippen LogP contribution in [0.15, 0.2) is 48.5 Å². The largest absolute Gasteiger partial charge is 0.387 e. The number of nitrogens with one attached hydrogen (secondary N) is 1. The minimum absolute atomic E-state index is 0.462. The second kappa shape index (κ2) is 5.89. The molecule has 2 nitrogen and oxygen atoms in total. The van der Waals surface area contributed by atoms with Crippen molar-refractivity contribution >= 4 is 17.3 Å². The molecule has 1 atom stereocenters. The van der Waals surface area contributed by atoms with E-state index in [1.807, 2.05) is 55.5 Å². The Morgan fingerprint density at radius 1 is 1.17 bits per heavy atom. The lowest BCUT2D eigenvalue weighted by Gasteiger charge is -2.13. The van der Waals surface area contributed by atoms with E-state index in [2.05, 4.69) is 5.32 Å². The van der Waals surface area contributed by atoms with Crippen molar-refractivity contribution in [2.75, 3.05) is 11.9 Å². The lowest BCUT2D eigenvalue weighted by atomic mass is 10.1. The van der Waals surface area contributed by atoms with Crippen LogP contribution in [-0.2, 0) is 0 Å². The van der Waals surface area contributed by atoms with Crippen LogP contribution >= 0.6 is 11.6 Å². The second-order valence-corrected chi connectivity index (χ2v) is 4.76. The Kier molecular flexibility index (Phi) is 4.24. The Balaban J connectivity index is 1.98. The second-order valence-electron chi connectivity index (χ2n) is 4.32. The fourth-order valence-electron chi connectivity index (χ4n) is 1.81. The van der Waals surface area contributed by atoms with Crippen molar-refractivity contribution in [2.24, 2.45) is 0 Å². The van der Waals surface area contributed by atoms with E-state index in [0.717, 1.165) is 16.8 Å². The maximum absolute atomic E-state index is 10.1. The van der Waals surface area contributed by atoms with E-state index in [1.54, 1.807) is 0 Å². The molecule has 2 aromatic rings. The summed E-state index contributed by atoms with van der Waals surface area (Å²) >= 11 is 5.90. The number of rotatable bonds is 4. The first-order chi connectivity index (χ1) is 8.65. The molecule has 0 aliphatic rings. The standard InChI is InChI=1S/C15H16ClNO/c1-11-4-2-5-12(8-11)15(18)10-17-14-7-3-6-13(16)9-14/h2-9,15,17-18H,10H2,1H3. The van der Waals surface area contributed by atoms with Gasteiger partial charge in [0.2, 0.25) is 0 Å². The zero-order valence-corrected chi connectivity index (χ0v) is 11.0. The molecule has 2 N–H and O–H groups in total. The monoisotopic (exact) mass is 261 g/mol. The molecule has 2 aromatic carbocycles. The van der Waals surface area contributed by atoms with Gasteiger partial charge in [0.25, 0.3) is 0 Å². The average Bonchev–Trinajstić information content (AvgIpc) is 2.36. The van der Waals surface area contributed by atoms with Crippen molar-refractivity contribution < 1.29 is 5.11 Å². The van der Waals surface area contributed by atoms with Crippen molar-refractivity contribution in [3.63, 3.8) is 0 Å². The smallest absolute Gasteiger partial charge is 0.0962 e. The number of aryl methyl sites for hydroxylation is 1. The van der Waals surface area contributed by atoms with Gasteiger partial charge in [-0.2, -0.15) is 0 Å². The van der Waals surface area contributed by atoms with Crippen molar-refractivity contribution in [3.05, 3.63) is 64.7 Å². The van der Waals surface area contributed by atoms with Crippen LogP contribution in [0, 0.1) is 6.92 Å². The van der Waals surface area contributed by atoms with Crippen LogP contribution in [0.5, 0.6) is 0 Å². The summed E-state index contributed by atoms with van der Waals surface area (Å²) in [5, 5.41) is 13.9. The minimum atomic E-state index is -0.524. The maximum atomic E-state index is 10.1. The molecule has 0 heterocycles. The van der Waals surface area contributed by atoms with E-state index in [9.17, 15) is 5.11 Å². The van der Waals surface area contributed by atoms with E-state index in [1.165, 1.54) is 0 Å². The van der Waals surface area contributed by atoms with Gasteiger partial charge >= 0.3 is 0 Å². The van der Waals surface area contributed by atoms with E-state index < -0.39 is 6.10 Å². The molecule has 0 radical (unpaired) electrons. The molecule has 0 aromatic heterocycles.